The fourth-order valence-electron chi connectivity index (χ4n) is 1.79. The second kappa shape index (κ2) is 3.35. The zero-order valence-electron chi connectivity index (χ0n) is 8.55. The SMILES string of the molecule is Cc1c(C(F)(F)F)n(C)c2ccsc2c1=O. The summed E-state index contributed by atoms with van der Waals surface area (Å²) in [5, 5.41) is 1.62. The Morgan fingerprint density at radius 1 is 1.38 bits per heavy atom. The average molecular weight is 247 g/mol. The summed E-state index contributed by atoms with van der Waals surface area (Å²) in [6, 6.07) is 1.52. The van der Waals surface area contributed by atoms with Crippen LogP contribution in [0.4, 0.5) is 13.2 Å². The molecule has 0 saturated carbocycles. The molecule has 0 bridgehead atoms. The Kier molecular flexibility index (Phi) is 2.34. The number of rotatable bonds is 0. The van der Waals surface area contributed by atoms with Crippen LogP contribution in [0.3, 0.4) is 0 Å². The molecule has 0 atom stereocenters. The van der Waals surface area contributed by atoms with E-state index in [4.69, 9.17) is 0 Å². The highest BCUT2D eigenvalue weighted by Crippen LogP contribution is 2.32. The van der Waals surface area contributed by atoms with E-state index < -0.39 is 17.3 Å². The number of aromatic nitrogens is 1. The first-order valence-electron chi connectivity index (χ1n) is 4.48. The van der Waals surface area contributed by atoms with Gasteiger partial charge in [0.2, 0.25) is 5.43 Å². The first kappa shape index (κ1) is 11.2. The van der Waals surface area contributed by atoms with Gasteiger partial charge < -0.3 is 4.57 Å². The largest absolute Gasteiger partial charge is 0.431 e. The van der Waals surface area contributed by atoms with Crippen LogP contribution in [0.25, 0.3) is 10.2 Å². The fourth-order valence-corrected chi connectivity index (χ4v) is 2.71. The molecule has 0 amide bonds. The maximum absolute atomic E-state index is 12.8. The Hall–Kier alpha value is -1.30. The first-order chi connectivity index (χ1) is 7.34. The first-order valence-corrected chi connectivity index (χ1v) is 5.36. The van der Waals surface area contributed by atoms with Crippen molar-refractivity contribution in [2.75, 3.05) is 0 Å². The number of alkyl halides is 3. The summed E-state index contributed by atoms with van der Waals surface area (Å²) in [5.74, 6) is 0. The van der Waals surface area contributed by atoms with Gasteiger partial charge >= 0.3 is 6.18 Å². The Balaban J connectivity index is 3.00. The third-order valence-corrected chi connectivity index (χ3v) is 3.41. The molecule has 0 radical (unpaired) electrons. The van der Waals surface area contributed by atoms with E-state index in [-0.39, 0.29) is 5.56 Å². The number of thiophene rings is 1. The molecule has 2 heterocycles. The molecule has 0 unspecified atom stereocenters. The van der Waals surface area contributed by atoms with Crippen molar-refractivity contribution in [1.82, 2.24) is 4.57 Å². The van der Waals surface area contributed by atoms with Gasteiger partial charge in [0, 0.05) is 12.6 Å². The number of pyridine rings is 1. The number of hydrogen-bond acceptors (Lipinski definition) is 2. The molecule has 0 fully saturated rings. The molecular formula is C10H8F3NOS. The lowest BCUT2D eigenvalue weighted by atomic mass is 10.2. The quantitative estimate of drug-likeness (QED) is 0.701. The lowest BCUT2D eigenvalue weighted by Gasteiger charge is -2.15. The van der Waals surface area contributed by atoms with E-state index in [0.717, 1.165) is 15.9 Å². The van der Waals surface area contributed by atoms with Gasteiger partial charge in [0.1, 0.15) is 5.69 Å². The average Bonchev–Trinajstić information content (AvgIpc) is 2.61. The maximum Gasteiger partial charge on any atom is 0.431 e. The molecule has 16 heavy (non-hydrogen) atoms. The van der Waals surface area contributed by atoms with Crippen LogP contribution in [0, 0.1) is 6.92 Å². The van der Waals surface area contributed by atoms with E-state index in [0.29, 0.717) is 10.2 Å². The number of nitrogens with zero attached hydrogens (tertiary/aromatic N) is 1. The van der Waals surface area contributed by atoms with Gasteiger partial charge in [0.05, 0.1) is 10.2 Å². The van der Waals surface area contributed by atoms with Crippen LogP contribution in [0.2, 0.25) is 0 Å². The molecule has 2 aromatic rings. The van der Waals surface area contributed by atoms with E-state index in [9.17, 15) is 18.0 Å². The van der Waals surface area contributed by atoms with Crippen molar-refractivity contribution in [2.45, 2.75) is 13.1 Å². The highest BCUT2D eigenvalue weighted by molar-refractivity contribution is 7.17. The van der Waals surface area contributed by atoms with Gasteiger partial charge in [0.15, 0.2) is 0 Å². The summed E-state index contributed by atoms with van der Waals surface area (Å²) in [6.45, 7) is 1.21. The van der Waals surface area contributed by atoms with E-state index in [1.807, 2.05) is 0 Å². The molecule has 2 aromatic heterocycles. The van der Waals surface area contributed by atoms with Crippen LogP contribution in [0.1, 0.15) is 11.3 Å². The minimum atomic E-state index is -4.51. The van der Waals surface area contributed by atoms with Crippen LogP contribution in [-0.4, -0.2) is 4.57 Å². The Morgan fingerprint density at radius 3 is 2.56 bits per heavy atom. The number of aryl methyl sites for hydroxylation is 1. The summed E-state index contributed by atoms with van der Waals surface area (Å²) >= 11 is 1.16. The molecule has 0 saturated heterocycles. The summed E-state index contributed by atoms with van der Waals surface area (Å²) in [5.41, 5.74) is -1.32. The van der Waals surface area contributed by atoms with Crippen LogP contribution in [0.15, 0.2) is 16.2 Å². The molecule has 0 aliphatic carbocycles. The van der Waals surface area contributed by atoms with E-state index in [2.05, 4.69) is 0 Å². The van der Waals surface area contributed by atoms with Crippen LogP contribution >= 0.6 is 11.3 Å². The van der Waals surface area contributed by atoms with Crippen molar-refractivity contribution in [1.29, 1.82) is 0 Å². The molecule has 0 aliphatic rings. The lowest BCUT2D eigenvalue weighted by Crippen LogP contribution is -2.22. The smallest absolute Gasteiger partial charge is 0.339 e. The highest BCUT2D eigenvalue weighted by Gasteiger charge is 2.36. The Labute approximate surface area is 92.9 Å². The number of halogens is 3. The Bertz CT molecular complexity index is 609. The lowest BCUT2D eigenvalue weighted by molar-refractivity contribution is -0.143. The fraction of sp³-hybridized carbons (Fsp3) is 0.300. The van der Waals surface area contributed by atoms with Crippen molar-refractivity contribution in [2.24, 2.45) is 7.05 Å². The van der Waals surface area contributed by atoms with Gasteiger partial charge in [-0.05, 0) is 18.4 Å². The van der Waals surface area contributed by atoms with Crippen molar-refractivity contribution < 1.29 is 13.2 Å². The van der Waals surface area contributed by atoms with E-state index >= 15 is 0 Å². The summed E-state index contributed by atoms with van der Waals surface area (Å²) in [7, 11) is 1.32. The highest BCUT2D eigenvalue weighted by atomic mass is 32.1. The van der Waals surface area contributed by atoms with Crippen LogP contribution in [-0.2, 0) is 13.2 Å². The van der Waals surface area contributed by atoms with Gasteiger partial charge in [-0.2, -0.15) is 13.2 Å². The van der Waals surface area contributed by atoms with Crippen molar-refractivity contribution in [3.05, 3.63) is 32.9 Å². The predicted octanol–water partition coefficient (Wildman–Crippen LogP) is 2.93. The monoisotopic (exact) mass is 247 g/mol. The molecule has 0 aromatic carbocycles. The second-order valence-electron chi connectivity index (χ2n) is 3.49. The molecule has 0 N–H and O–H groups in total. The third-order valence-electron chi connectivity index (χ3n) is 2.51. The molecule has 2 nitrogen and oxygen atoms in total. The molecule has 0 aliphatic heterocycles. The minimum absolute atomic E-state index is 0.245. The van der Waals surface area contributed by atoms with E-state index in [1.165, 1.54) is 20.0 Å². The second-order valence-corrected chi connectivity index (χ2v) is 4.41. The van der Waals surface area contributed by atoms with E-state index in [1.54, 1.807) is 5.38 Å². The summed E-state index contributed by atoms with van der Waals surface area (Å²) in [6.07, 6.45) is -4.51. The van der Waals surface area contributed by atoms with Gasteiger partial charge in [0.25, 0.3) is 0 Å². The maximum atomic E-state index is 12.8. The zero-order chi connectivity index (χ0) is 12.1. The van der Waals surface area contributed by atoms with Gasteiger partial charge in [-0.1, -0.05) is 0 Å². The predicted molar refractivity (Wildman–Crippen MR) is 56.8 cm³/mol. The number of hydrogen-bond donors (Lipinski definition) is 0. The summed E-state index contributed by atoms with van der Waals surface area (Å²) in [4.78, 5) is 11.7. The zero-order valence-corrected chi connectivity index (χ0v) is 9.37. The molecular weight excluding hydrogens is 239 g/mol. The topological polar surface area (TPSA) is 22.0 Å². The van der Waals surface area contributed by atoms with Crippen molar-refractivity contribution >= 4 is 21.6 Å². The van der Waals surface area contributed by atoms with Crippen molar-refractivity contribution in [3.63, 3.8) is 0 Å². The van der Waals surface area contributed by atoms with Crippen LogP contribution < -0.4 is 5.43 Å². The standard InChI is InChI=1S/C10H8F3NOS/c1-5-7(15)8-6(3-4-16-8)14(2)9(5)10(11,12)13/h3-4H,1-2H3. The summed E-state index contributed by atoms with van der Waals surface area (Å²) < 4.78 is 39.7. The van der Waals surface area contributed by atoms with Gasteiger partial charge in [-0.25, -0.2) is 0 Å². The molecule has 6 heteroatoms. The van der Waals surface area contributed by atoms with Gasteiger partial charge in [-0.15, -0.1) is 11.3 Å². The van der Waals surface area contributed by atoms with Crippen molar-refractivity contribution in [3.8, 4) is 0 Å². The minimum Gasteiger partial charge on any atom is -0.339 e. The number of fused-ring (bicyclic) bond motifs is 1. The van der Waals surface area contributed by atoms with Crippen LogP contribution in [0.5, 0.6) is 0 Å². The third kappa shape index (κ3) is 1.44. The van der Waals surface area contributed by atoms with Gasteiger partial charge in [-0.3, -0.25) is 4.79 Å². The molecule has 0 spiro atoms. The molecule has 2 rings (SSSR count). The molecule has 86 valence electrons. The Morgan fingerprint density at radius 2 is 2.00 bits per heavy atom. The normalized spacial score (nSPS) is 12.3.